The Hall–Kier alpha value is -1.32. The quantitative estimate of drug-likeness (QED) is 0.399. The van der Waals surface area contributed by atoms with Gasteiger partial charge in [-0.25, -0.2) is 4.79 Å². The molecule has 62 valence electrons. The lowest BCUT2D eigenvalue weighted by molar-refractivity contribution is -0.297. The van der Waals surface area contributed by atoms with Gasteiger partial charge in [0, 0.05) is 5.57 Å². The van der Waals surface area contributed by atoms with Crippen molar-refractivity contribution >= 4 is 11.9 Å². The van der Waals surface area contributed by atoms with E-state index >= 15 is 0 Å². The van der Waals surface area contributed by atoms with E-state index in [-0.39, 0.29) is 12.2 Å². The molecule has 0 aliphatic heterocycles. The van der Waals surface area contributed by atoms with Crippen LogP contribution in [0, 0.1) is 0 Å². The number of rotatable bonds is 3. The number of hydrogen-bond donors (Lipinski definition) is 0. The van der Waals surface area contributed by atoms with Crippen LogP contribution in [0.2, 0.25) is 0 Å². The Morgan fingerprint density at radius 3 is 2.45 bits per heavy atom. The summed E-state index contributed by atoms with van der Waals surface area (Å²) in [7, 11) is 0. The van der Waals surface area contributed by atoms with Crippen LogP contribution in [0.15, 0.2) is 11.6 Å². The first-order valence-corrected chi connectivity index (χ1v) is 3.14. The van der Waals surface area contributed by atoms with Gasteiger partial charge < -0.3 is 14.6 Å². The topological polar surface area (TPSA) is 66.4 Å². The van der Waals surface area contributed by atoms with Crippen LogP contribution in [-0.4, -0.2) is 18.5 Å². The first kappa shape index (κ1) is 9.68. The summed E-state index contributed by atoms with van der Waals surface area (Å²) in [5.41, 5.74) is 0.0341. The lowest BCUT2D eigenvalue weighted by atomic mass is 10.3. The molecule has 4 heteroatoms. The molecule has 0 aromatic heterocycles. The number of carbonyl (C=O) groups is 2. The number of carboxylic acid groups (broad SMARTS) is 1. The van der Waals surface area contributed by atoms with Crippen molar-refractivity contribution in [1.29, 1.82) is 0 Å². The lowest BCUT2D eigenvalue weighted by Crippen LogP contribution is -2.20. The van der Waals surface area contributed by atoms with Crippen molar-refractivity contribution in [2.75, 3.05) is 6.61 Å². The molecular formula is C7H9O4-. The maximum absolute atomic E-state index is 10.7. The summed E-state index contributed by atoms with van der Waals surface area (Å²) >= 11 is 0. The summed E-state index contributed by atoms with van der Waals surface area (Å²) in [6.07, 6.45) is 0.706. The number of carbonyl (C=O) groups excluding carboxylic acids is 2. The minimum atomic E-state index is -1.39. The molecule has 0 aromatic rings. The minimum Gasteiger partial charge on any atom is -0.545 e. The monoisotopic (exact) mass is 157 g/mol. The van der Waals surface area contributed by atoms with Gasteiger partial charge in [-0.05, 0) is 19.9 Å². The second kappa shape index (κ2) is 4.49. The van der Waals surface area contributed by atoms with Crippen molar-refractivity contribution < 1.29 is 19.4 Å². The summed E-state index contributed by atoms with van der Waals surface area (Å²) in [5, 5.41) is 9.92. The molecule has 4 nitrogen and oxygen atoms in total. The van der Waals surface area contributed by atoms with Crippen molar-refractivity contribution in [3.05, 3.63) is 11.6 Å². The van der Waals surface area contributed by atoms with E-state index in [1.165, 1.54) is 6.92 Å². The van der Waals surface area contributed by atoms with Gasteiger partial charge in [0.2, 0.25) is 0 Å². The second-order valence-electron chi connectivity index (χ2n) is 1.87. The van der Waals surface area contributed by atoms with E-state index in [9.17, 15) is 14.7 Å². The maximum atomic E-state index is 10.7. The molecule has 0 spiro atoms. The molecule has 0 unspecified atom stereocenters. The first-order valence-electron chi connectivity index (χ1n) is 3.14. The molecule has 0 aromatic carbocycles. The summed E-state index contributed by atoms with van der Waals surface area (Å²) in [6, 6.07) is 0. The van der Waals surface area contributed by atoms with Gasteiger partial charge in [0.05, 0.1) is 12.6 Å². The smallest absolute Gasteiger partial charge is 0.333 e. The molecule has 0 radical (unpaired) electrons. The van der Waals surface area contributed by atoms with E-state index in [2.05, 4.69) is 4.74 Å². The van der Waals surface area contributed by atoms with Crippen LogP contribution >= 0.6 is 0 Å². The highest BCUT2D eigenvalue weighted by Crippen LogP contribution is 1.94. The predicted octanol–water partition coefficient (Wildman–Crippen LogP) is -0.754. The molecule has 0 atom stereocenters. The Morgan fingerprint density at radius 1 is 1.55 bits per heavy atom. The highest BCUT2D eigenvalue weighted by Gasteiger charge is 2.02. The third-order valence-electron chi connectivity index (χ3n) is 0.932. The van der Waals surface area contributed by atoms with Crippen LogP contribution in [-0.2, 0) is 14.3 Å². The fraction of sp³-hybridized carbons (Fsp3) is 0.429. The molecular weight excluding hydrogens is 148 g/mol. The highest BCUT2D eigenvalue weighted by atomic mass is 16.5. The lowest BCUT2D eigenvalue weighted by Gasteiger charge is -2.00. The molecule has 0 heterocycles. The third-order valence-corrected chi connectivity index (χ3v) is 0.932. The van der Waals surface area contributed by atoms with Gasteiger partial charge in [-0.3, -0.25) is 0 Å². The molecule has 0 fully saturated rings. The van der Waals surface area contributed by atoms with E-state index in [4.69, 9.17) is 0 Å². The molecule has 0 N–H and O–H groups in total. The van der Waals surface area contributed by atoms with Crippen molar-refractivity contribution in [2.24, 2.45) is 0 Å². The van der Waals surface area contributed by atoms with Gasteiger partial charge in [-0.2, -0.15) is 0 Å². The van der Waals surface area contributed by atoms with Crippen molar-refractivity contribution in [1.82, 2.24) is 0 Å². The SMILES string of the molecule is CCOC(=O)C(C)=CC(=O)[O-]. The third kappa shape index (κ3) is 4.13. The number of hydrogen-bond acceptors (Lipinski definition) is 4. The average Bonchev–Trinajstić information content (AvgIpc) is 1.86. The fourth-order valence-corrected chi connectivity index (χ4v) is 0.481. The van der Waals surface area contributed by atoms with Crippen LogP contribution in [0.4, 0.5) is 0 Å². The summed E-state index contributed by atoms with van der Waals surface area (Å²) in [4.78, 5) is 20.6. The van der Waals surface area contributed by atoms with Crippen molar-refractivity contribution in [3.63, 3.8) is 0 Å². The Kier molecular flexibility index (Phi) is 3.95. The molecule has 11 heavy (non-hydrogen) atoms. The van der Waals surface area contributed by atoms with Gasteiger partial charge in [0.15, 0.2) is 0 Å². The van der Waals surface area contributed by atoms with Crippen LogP contribution in [0.1, 0.15) is 13.8 Å². The van der Waals surface area contributed by atoms with Crippen molar-refractivity contribution in [2.45, 2.75) is 13.8 Å². The molecule has 0 bridgehead atoms. The van der Waals surface area contributed by atoms with E-state index in [0.717, 1.165) is 0 Å². The van der Waals surface area contributed by atoms with E-state index in [1.54, 1.807) is 6.92 Å². The molecule has 0 aliphatic rings. The maximum Gasteiger partial charge on any atom is 0.333 e. The Morgan fingerprint density at radius 2 is 2.09 bits per heavy atom. The Bertz CT molecular complexity index is 193. The van der Waals surface area contributed by atoms with Gasteiger partial charge in [0.25, 0.3) is 0 Å². The standard InChI is InChI=1S/C7H10O4/c1-3-11-7(10)5(2)4-6(8)9/h4H,3H2,1-2H3,(H,8,9)/p-1. The van der Waals surface area contributed by atoms with Crippen LogP contribution in [0.25, 0.3) is 0 Å². The van der Waals surface area contributed by atoms with E-state index < -0.39 is 11.9 Å². The Balaban J connectivity index is 4.12. The zero-order chi connectivity index (χ0) is 8.85. The highest BCUT2D eigenvalue weighted by molar-refractivity contribution is 5.94. The Labute approximate surface area is 64.5 Å². The van der Waals surface area contributed by atoms with Crippen LogP contribution in [0.5, 0.6) is 0 Å². The fourth-order valence-electron chi connectivity index (χ4n) is 0.481. The number of esters is 1. The van der Waals surface area contributed by atoms with Crippen molar-refractivity contribution in [3.8, 4) is 0 Å². The minimum absolute atomic E-state index is 0.0341. The van der Waals surface area contributed by atoms with E-state index in [0.29, 0.717) is 6.08 Å². The first-order chi connectivity index (χ1) is 5.07. The van der Waals surface area contributed by atoms with E-state index in [1.807, 2.05) is 0 Å². The van der Waals surface area contributed by atoms with Gasteiger partial charge >= 0.3 is 5.97 Å². The summed E-state index contributed by atoms with van der Waals surface area (Å²) in [5.74, 6) is -2.02. The number of carboxylic acids is 1. The second-order valence-corrected chi connectivity index (χ2v) is 1.87. The normalized spacial score (nSPS) is 10.9. The zero-order valence-corrected chi connectivity index (χ0v) is 6.42. The zero-order valence-electron chi connectivity index (χ0n) is 6.42. The molecule has 0 amide bonds. The van der Waals surface area contributed by atoms with Crippen LogP contribution < -0.4 is 5.11 Å². The molecule has 0 aliphatic carbocycles. The molecule has 0 saturated heterocycles. The predicted molar refractivity (Wildman–Crippen MR) is 35.4 cm³/mol. The number of aliphatic carboxylic acids is 1. The largest absolute Gasteiger partial charge is 0.545 e. The summed E-state index contributed by atoms with van der Waals surface area (Å²) in [6.45, 7) is 3.23. The average molecular weight is 157 g/mol. The van der Waals surface area contributed by atoms with Gasteiger partial charge in [-0.15, -0.1) is 0 Å². The van der Waals surface area contributed by atoms with Gasteiger partial charge in [0.1, 0.15) is 0 Å². The van der Waals surface area contributed by atoms with Crippen LogP contribution in [0.3, 0.4) is 0 Å². The van der Waals surface area contributed by atoms with Gasteiger partial charge in [-0.1, -0.05) is 0 Å². The number of ether oxygens (including phenoxy) is 1. The summed E-state index contributed by atoms with van der Waals surface area (Å²) < 4.78 is 4.51. The molecule has 0 rings (SSSR count). The molecule has 0 saturated carbocycles.